The monoisotopic (exact) mass is 230 g/mol. The average Bonchev–Trinajstić information content (AvgIpc) is 2.23. The van der Waals surface area contributed by atoms with Crippen molar-refractivity contribution in [2.45, 2.75) is 25.5 Å². The molecule has 89 valence electrons. The van der Waals surface area contributed by atoms with Gasteiger partial charge in [-0.05, 0) is 30.2 Å². The number of hydrogen-bond donors (Lipinski definition) is 0. The fourth-order valence-electron chi connectivity index (χ4n) is 2.62. The molecule has 1 amide bonds. The summed E-state index contributed by atoms with van der Waals surface area (Å²) in [5.74, 6) is 2.22. The van der Waals surface area contributed by atoms with Gasteiger partial charge in [0.2, 0.25) is 0 Å². The van der Waals surface area contributed by atoms with Crippen LogP contribution in [0.1, 0.15) is 18.4 Å². The summed E-state index contributed by atoms with van der Waals surface area (Å²) in [6.07, 6.45) is 2.24. The number of carbonyl (C=O) groups is 1. The summed E-state index contributed by atoms with van der Waals surface area (Å²) in [4.78, 5) is 13.6. The van der Waals surface area contributed by atoms with Crippen LogP contribution in [0.15, 0.2) is 30.3 Å². The lowest BCUT2D eigenvalue weighted by Gasteiger charge is -2.60. The first-order chi connectivity index (χ1) is 8.25. The first-order valence-electron chi connectivity index (χ1n) is 6.04. The van der Waals surface area contributed by atoms with Crippen molar-refractivity contribution in [3.63, 3.8) is 0 Å². The highest BCUT2D eigenvalue weighted by Gasteiger charge is 2.56. The topological polar surface area (TPSA) is 29.5 Å². The van der Waals surface area contributed by atoms with Crippen LogP contribution in [0.5, 0.6) is 0 Å². The Morgan fingerprint density at radius 3 is 2.53 bits per heavy atom. The van der Waals surface area contributed by atoms with Crippen LogP contribution in [-0.4, -0.2) is 24.1 Å². The zero-order chi connectivity index (χ0) is 11.8. The highest BCUT2D eigenvalue weighted by molar-refractivity contribution is 5.69. The highest BCUT2D eigenvalue weighted by Crippen LogP contribution is 2.57. The Kier molecular flexibility index (Phi) is 2.54. The molecule has 3 heteroatoms. The summed E-state index contributed by atoms with van der Waals surface area (Å²) >= 11 is 0. The summed E-state index contributed by atoms with van der Waals surface area (Å²) in [5.41, 5.74) is 1.03. The van der Waals surface area contributed by atoms with Crippen LogP contribution in [0.4, 0.5) is 4.79 Å². The van der Waals surface area contributed by atoms with Gasteiger partial charge in [0.05, 0.1) is 0 Å². The van der Waals surface area contributed by atoms with Crippen LogP contribution in [0.2, 0.25) is 0 Å². The highest BCUT2D eigenvalue weighted by atomic mass is 16.6. The van der Waals surface area contributed by atoms with Gasteiger partial charge in [-0.3, -0.25) is 0 Å². The van der Waals surface area contributed by atoms with E-state index in [0.717, 1.165) is 5.56 Å². The van der Waals surface area contributed by atoms with Crippen LogP contribution in [0.25, 0.3) is 0 Å². The third kappa shape index (κ3) is 1.79. The summed E-state index contributed by atoms with van der Waals surface area (Å²) in [5, 5.41) is 0. The van der Waals surface area contributed by atoms with Crippen LogP contribution in [0.3, 0.4) is 0 Å². The van der Waals surface area contributed by atoms with Gasteiger partial charge in [0.1, 0.15) is 6.61 Å². The lowest BCUT2D eigenvalue weighted by Crippen LogP contribution is -2.62. The van der Waals surface area contributed by atoms with Gasteiger partial charge in [-0.25, -0.2) is 4.79 Å². The minimum atomic E-state index is -0.208. The molecule has 1 aromatic carbocycles. The molecule has 0 aliphatic heterocycles. The zero-order valence-corrected chi connectivity index (χ0v) is 9.93. The number of nitrogens with zero attached hydrogens (tertiary/aromatic N) is 1. The lowest BCUT2D eigenvalue weighted by atomic mass is 9.51. The standard InChI is InChI=1S/C14H16NO2/c1-15(13-11-7-12(13)8-11)14(16)17-9-10-5-3-2-4-6-10/h2-6,11,13H,7-9H2,1H3. The molecule has 3 fully saturated rings. The Labute approximate surface area is 101 Å². The fraction of sp³-hybridized carbons (Fsp3) is 0.429. The number of ether oxygens (including phenoxy) is 1. The predicted molar refractivity (Wildman–Crippen MR) is 64.1 cm³/mol. The molecule has 0 spiro atoms. The molecule has 3 aliphatic carbocycles. The second kappa shape index (κ2) is 4.06. The maximum atomic E-state index is 11.8. The van der Waals surface area contributed by atoms with E-state index in [2.05, 4.69) is 0 Å². The maximum absolute atomic E-state index is 11.8. The minimum Gasteiger partial charge on any atom is -0.445 e. The van der Waals surface area contributed by atoms with E-state index < -0.39 is 0 Å². The van der Waals surface area contributed by atoms with Crippen molar-refractivity contribution in [1.82, 2.24) is 4.90 Å². The molecule has 0 saturated heterocycles. The maximum Gasteiger partial charge on any atom is 0.410 e. The summed E-state index contributed by atoms with van der Waals surface area (Å²) < 4.78 is 5.29. The lowest BCUT2D eigenvalue weighted by molar-refractivity contribution is 0.00804. The second-order valence-electron chi connectivity index (χ2n) is 4.92. The molecule has 3 nitrogen and oxygen atoms in total. The molecule has 1 unspecified atom stereocenters. The van der Waals surface area contributed by atoms with Crippen LogP contribution >= 0.6 is 0 Å². The summed E-state index contributed by atoms with van der Waals surface area (Å²) in [7, 11) is 1.84. The molecular weight excluding hydrogens is 214 g/mol. The van der Waals surface area contributed by atoms with Crippen LogP contribution in [0, 0.1) is 11.8 Å². The van der Waals surface area contributed by atoms with E-state index in [0.29, 0.717) is 18.6 Å². The van der Waals surface area contributed by atoms with Crippen molar-refractivity contribution in [1.29, 1.82) is 0 Å². The van der Waals surface area contributed by atoms with Crippen molar-refractivity contribution in [3.05, 3.63) is 41.8 Å². The van der Waals surface area contributed by atoms with E-state index in [1.807, 2.05) is 37.4 Å². The molecule has 0 heterocycles. The van der Waals surface area contributed by atoms with E-state index in [1.54, 1.807) is 4.90 Å². The van der Waals surface area contributed by atoms with Crippen LogP contribution < -0.4 is 0 Å². The predicted octanol–water partition coefficient (Wildman–Crippen LogP) is 2.62. The van der Waals surface area contributed by atoms with Gasteiger partial charge in [-0.2, -0.15) is 0 Å². The number of rotatable bonds is 3. The van der Waals surface area contributed by atoms with Crippen molar-refractivity contribution in [3.8, 4) is 0 Å². The number of benzene rings is 1. The minimum absolute atomic E-state index is 0.208. The van der Waals surface area contributed by atoms with Gasteiger partial charge in [-0.15, -0.1) is 0 Å². The molecule has 3 aliphatic rings. The van der Waals surface area contributed by atoms with Gasteiger partial charge in [0.25, 0.3) is 0 Å². The quantitative estimate of drug-likeness (QED) is 0.798. The Balaban J connectivity index is 1.50. The third-order valence-corrected chi connectivity index (χ3v) is 3.82. The Bertz CT molecular complexity index is 403. The van der Waals surface area contributed by atoms with E-state index in [4.69, 9.17) is 4.74 Å². The molecule has 0 N–H and O–H groups in total. The van der Waals surface area contributed by atoms with Gasteiger partial charge >= 0.3 is 6.09 Å². The van der Waals surface area contributed by atoms with Gasteiger partial charge < -0.3 is 9.64 Å². The molecule has 17 heavy (non-hydrogen) atoms. The molecule has 0 aromatic heterocycles. The fourth-order valence-corrected chi connectivity index (χ4v) is 2.62. The molecule has 3 saturated carbocycles. The first-order valence-corrected chi connectivity index (χ1v) is 6.04. The molecule has 1 radical (unpaired) electrons. The molecular formula is C14H16NO2. The average molecular weight is 230 g/mol. The molecule has 4 rings (SSSR count). The third-order valence-electron chi connectivity index (χ3n) is 3.82. The van der Waals surface area contributed by atoms with Gasteiger partial charge in [-0.1, -0.05) is 30.3 Å². The number of hydrogen-bond acceptors (Lipinski definition) is 2. The number of carbonyl (C=O) groups excluding carboxylic acids is 1. The Morgan fingerprint density at radius 1 is 1.35 bits per heavy atom. The SMILES string of the molecule is CN(C(=O)OCc1ccccc1)C1[C]2CC1C2. The van der Waals surface area contributed by atoms with Crippen molar-refractivity contribution in [2.24, 2.45) is 5.92 Å². The van der Waals surface area contributed by atoms with Gasteiger partial charge in [0, 0.05) is 13.1 Å². The Morgan fingerprint density at radius 2 is 2.00 bits per heavy atom. The zero-order valence-electron chi connectivity index (χ0n) is 9.93. The molecule has 1 atom stereocenters. The molecule has 2 bridgehead atoms. The normalized spacial score (nSPS) is 25.7. The van der Waals surface area contributed by atoms with E-state index in [1.165, 1.54) is 18.8 Å². The first kappa shape index (κ1) is 10.6. The van der Waals surface area contributed by atoms with E-state index in [9.17, 15) is 4.79 Å². The second-order valence-corrected chi connectivity index (χ2v) is 4.92. The van der Waals surface area contributed by atoms with Crippen molar-refractivity contribution in [2.75, 3.05) is 7.05 Å². The largest absolute Gasteiger partial charge is 0.445 e. The smallest absolute Gasteiger partial charge is 0.410 e. The molecule has 1 aromatic rings. The summed E-state index contributed by atoms with van der Waals surface area (Å²) in [6.45, 7) is 0.358. The van der Waals surface area contributed by atoms with E-state index >= 15 is 0 Å². The van der Waals surface area contributed by atoms with Crippen LogP contribution in [-0.2, 0) is 11.3 Å². The van der Waals surface area contributed by atoms with Crippen molar-refractivity contribution < 1.29 is 9.53 Å². The van der Waals surface area contributed by atoms with Gasteiger partial charge in [0.15, 0.2) is 0 Å². The van der Waals surface area contributed by atoms with Crippen molar-refractivity contribution >= 4 is 6.09 Å². The number of amides is 1. The summed E-state index contributed by atoms with van der Waals surface area (Å²) in [6, 6.07) is 10.1. The Hall–Kier alpha value is -1.51. The van der Waals surface area contributed by atoms with E-state index in [-0.39, 0.29) is 6.09 Å².